The molecule has 0 amide bonds. The first-order valence-electron chi connectivity index (χ1n) is 9.96. The average Bonchev–Trinajstić information content (AvgIpc) is 3.15. The van der Waals surface area contributed by atoms with Gasteiger partial charge in [0.15, 0.2) is 16.6 Å². The lowest BCUT2D eigenvalue weighted by atomic mass is 9.86. The van der Waals surface area contributed by atoms with Crippen molar-refractivity contribution >= 4 is 16.6 Å². The fourth-order valence-electron chi connectivity index (χ4n) is 3.79. The highest BCUT2D eigenvalue weighted by Gasteiger charge is 2.63. The van der Waals surface area contributed by atoms with E-state index in [2.05, 4.69) is 61.6 Å². The molecule has 0 aromatic rings. The second-order valence-corrected chi connectivity index (χ2v) is 19.1. The molecule has 1 saturated heterocycles. The number of ether oxygens (including phenoxy) is 1. The van der Waals surface area contributed by atoms with Gasteiger partial charge in [0.1, 0.15) is 5.60 Å². The Kier molecular flexibility index (Phi) is 5.84. The molecular weight excluding hydrogens is 332 g/mol. The van der Waals surface area contributed by atoms with Crippen molar-refractivity contribution in [3.05, 3.63) is 0 Å². The molecule has 24 heavy (non-hydrogen) atoms. The van der Waals surface area contributed by atoms with Crippen molar-refractivity contribution in [2.24, 2.45) is 0 Å². The molecule has 0 aromatic carbocycles. The van der Waals surface area contributed by atoms with Crippen molar-refractivity contribution in [3.63, 3.8) is 0 Å². The second kappa shape index (κ2) is 6.80. The topological polar surface area (TPSA) is 31.0 Å². The molecule has 2 fully saturated rings. The summed E-state index contributed by atoms with van der Waals surface area (Å²) in [5, 5.41) is 0.232. The van der Waals surface area contributed by atoms with Crippen molar-refractivity contribution in [1.29, 1.82) is 0 Å². The van der Waals surface area contributed by atoms with Gasteiger partial charge in [-0.1, -0.05) is 41.5 Å². The number of epoxide rings is 1. The van der Waals surface area contributed by atoms with Crippen molar-refractivity contribution in [2.75, 3.05) is 0 Å². The SMILES string of the molecule is CC[Si](CC)(CC)O[C@H]1C[C@@H]2O[C@]2(C)[C@H](O[Si](C)(C)C(C)(C)C)C1. The van der Waals surface area contributed by atoms with Crippen LogP contribution in [0.1, 0.15) is 61.3 Å². The molecule has 0 spiro atoms. The quantitative estimate of drug-likeness (QED) is 0.423. The van der Waals surface area contributed by atoms with Gasteiger partial charge in [0.2, 0.25) is 0 Å². The highest BCUT2D eigenvalue weighted by Crippen LogP contribution is 2.52. The number of hydrogen-bond donors (Lipinski definition) is 0. The van der Waals surface area contributed by atoms with Gasteiger partial charge >= 0.3 is 0 Å². The minimum absolute atomic E-state index is 0.0652. The molecule has 1 aliphatic heterocycles. The van der Waals surface area contributed by atoms with Crippen LogP contribution in [0.5, 0.6) is 0 Å². The molecule has 1 saturated carbocycles. The average molecular weight is 373 g/mol. The Morgan fingerprint density at radius 3 is 2.00 bits per heavy atom. The third kappa shape index (κ3) is 3.85. The summed E-state index contributed by atoms with van der Waals surface area (Å²) in [5.74, 6) is 0. The molecular formula is C19H40O3Si2. The Morgan fingerprint density at radius 1 is 1.00 bits per heavy atom. The maximum atomic E-state index is 6.80. The van der Waals surface area contributed by atoms with E-state index in [1.54, 1.807) is 0 Å². The lowest BCUT2D eigenvalue weighted by molar-refractivity contribution is 0.0363. The van der Waals surface area contributed by atoms with Crippen LogP contribution < -0.4 is 0 Å². The molecule has 4 atom stereocenters. The standard InChI is InChI=1S/C19H40O3Si2/c1-10-24(11-2,12-3)21-15-13-16-19(7,20-16)17(14-15)22-23(8,9)18(4,5)6/h15-17H,10-14H2,1-9H3/t15-,16-,17+,19-/m0/s1. The zero-order valence-corrected chi connectivity index (χ0v) is 19.5. The van der Waals surface area contributed by atoms with Crippen LogP contribution in [-0.2, 0) is 13.6 Å². The molecule has 1 heterocycles. The van der Waals surface area contributed by atoms with Gasteiger partial charge in [0.05, 0.1) is 18.3 Å². The predicted octanol–water partition coefficient (Wildman–Crippen LogP) is 5.72. The van der Waals surface area contributed by atoms with Crippen molar-refractivity contribution < 1.29 is 13.6 Å². The first kappa shape index (κ1) is 20.6. The molecule has 0 bridgehead atoms. The highest BCUT2D eigenvalue weighted by atomic mass is 28.4. The predicted molar refractivity (Wildman–Crippen MR) is 107 cm³/mol. The summed E-state index contributed by atoms with van der Waals surface area (Å²) in [6.07, 6.45) is 2.92. The Morgan fingerprint density at radius 2 is 1.54 bits per heavy atom. The van der Waals surface area contributed by atoms with E-state index in [1.165, 1.54) is 18.1 Å². The molecule has 0 aromatic heterocycles. The van der Waals surface area contributed by atoms with E-state index in [-0.39, 0.29) is 16.7 Å². The van der Waals surface area contributed by atoms with E-state index in [1.807, 2.05) is 0 Å². The van der Waals surface area contributed by atoms with Gasteiger partial charge in [-0.05, 0) is 43.2 Å². The van der Waals surface area contributed by atoms with Crippen LogP contribution in [0.4, 0.5) is 0 Å². The highest BCUT2D eigenvalue weighted by molar-refractivity contribution is 6.74. The molecule has 0 radical (unpaired) electrons. The Balaban J connectivity index is 2.10. The van der Waals surface area contributed by atoms with Crippen LogP contribution in [0.3, 0.4) is 0 Å². The number of hydrogen-bond acceptors (Lipinski definition) is 3. The first-order chi connectivity index (χ1) is 10.9. The van der Waals surface area contributed by atoms with Crippen LogP contribution >= 0.6 is 0 Å². The summed E-state index contributed by atoms with van der Waals surface area (Å²) in [7, 11) is -3.36. The van der Waals surface area contributed by atoms with E-state index < -0.39 is 16.6 Å². The van der Waals surface area contributed by atoms with Gasteiger partial charge in [-0.15, -0.1) is 0 Å². The van der Waals surface area contributed by atoms with Crippen molar-refractivity contribution in [3.8, 4) is 0 Å². The Hall–Kier alpha value is 0.314. The van der Waals surface area contributed by atoms with Crippen molar-refractivity contribution in [2.45, 2.75) is 121 Å². The maximum Gasteiger partial charge on any atom is 0.192 e. The molecule has 1 aliphatic carbocycles. The monoisotopic (exact) mass is 372 g/mol. The lowest BCUT2D eigenvalue weighted by Crippen LogP contribution is -2.52. The molecule has 2 aliphatic rings. The summed E-state index contributed by atoms with van der Waals surface area (Å²) in [6, 6.07) is 3.65. The van der Waals surface area contributed by atoms with Gasteiger partial charge in [-0.3, -0.25) is 0 Å². The lowest BCUT2D eigenvalue weighted by Gasteiger charge is -2.43. The molecule has 5 heteroatoms. The molecule has 3 nitrogen and oxygen atoms in total. The van der Waals surface area contributed by atoms with Crippen LogP contribution in [0.2, 0.25) is 36.3 Å². The van der Waals surface area contributed by atoms with Gasteiger partial charge in [-0.2, -0.15) is 0 Å². The summed E-state index contributed by atoms with van der Waals surface area (Å²) >= 11 is 0. The van der Waals surface area contributed by atoms with Crippen molar-refractivity contribution in [1.82, 2.24) is 0 Å². The maximum absolute atomic E-state index is 6.80. The normalized spacial score (nSPS) is 34.1. The van der Waals surface area contributed by atoms with E-state index >= 15 is 0 Å². The fourth-order valence-corrected chi connectivity index (χ4v) is 8.09. The smallest absolute Gasteiger partial charge is 0.192 e. The molecule has 142 valence electrons. The first-order valence-corrected chi connectivity index (χ1v) is 15.4. The van der Waals surface area contributed by atoms with Crippen LogP contribution in [0, 0.1) is 0 Å². The van der Waals surface area contributed by atoms with Crippen LogP contribution in [-0.4, -0.2) is 40.5 Å². The number of fused-ring (bicyclic) bond motifs is 1. The van der Waals surface area contributed by atoms with Gasteiger partial charge in [-0.25, -0.2) is 0 Å². The Labute approximate surface area is 152 Å². The zero-order valence-electron chi connectivity index (χ0n) is 17.5. The minimum Gasteiger partial charge on any atom is -0.414 e. The largest absolute Gasteiger partial charge is 0.414 e. The van der Waals surface area contributed by atoms with E-state index in [4.69, 9.17) is 13.6 Å². The fraction of sp³-hybridized carbons (Fsp3) is 1.00. The minimum atomic E-state index is -1.79. The van der Waals surface area contributed by atoms with E-state index in [0.29, 0.717) is 12.2 Å². The van der Waals surface area contributed by atoms with Crippen LogP contribution in [0.25, 0.3) is 0 Å². The Bertz CT molecular complexity index is 434. The zero-order chi connectivity index (χ0) is 18.4. The van der Waals surface area contributed by atoms with Gasteiger partial charge < -0.3 is 13.6 Å². The molecule has 0 N–H and O–H groups in total. The third-order valence-corrected chi connectivity index (χ3v) is 16.3. The summed E-state index contributed by atoms with van der Waals surface area (Å²) < 4.78 is 19.7. The van der Waals surface area contributed by atoms with Gasteiger partial charge in [0, 0.05) is 12.8 Å². The summed E-state index contributed by atoms with van der Waals surface area (Å²) in [6.45, 7) is 20.8. The van der Waals surface area contributed by atoms with E-state index in [9.17, 15) is 0 Å². The van der Waals surface area contributed by atoms with Crippen LogP contribution in [0.15, 0.2) is 0 Å². The van der Waals surface area contributed by atoms with Gasteiger partial charge in [0.25, 0.3) is 0 Å². The summed E-state index contributed by atoms with van der Waals surface area (Å²) in [4.78, 5) is 0. The summed E-state index contributed by atoms with van der Waals surface area (Å²) in [5.41, 5.74) is -0.0652. The molecule has 0 unspecified atom stereocenters. The second-order valence-electron chi connectivity index (χ2n) is 9.61. The molecule has 2 rings (SSSR count). The van der Waals surface area contributed by atoms with E-state index in [0.717, 1.165) is 12.8 Å². The third-order valence-electron chi connectivity index (χ3n) is 7.16. The number of rotatable bonds is 7.